The molecule has 0 fully saturated rings. The largest absolute Gasteiger partial charge is 0.398 e. The van der Waals surface area contributed by atoms with Gasteiger partial charge in [0.25, 0.3) is 0 Å². The van der Waals surface area contributed by atoms with Gasteiger partial charge in [-0.15, -0.1) is 0 Å². The zero-order valence-corrected chi connectivity index (χ0v) is 13.1. The van der Waals surface area contributed by atoms with E-state index >= 15 is 0 Å². The molecule has 1 heteroatoms. The Morgan fingerprint density at radius 2 is 1.33 bits per heavy atom. The Bertz CT molecular complexity index is 705. The third-order valence-electron chi connectivity index (χ3n) is 5.49. The molecule has 2 N–H and O–H groups in total. The second-order valence-electron chi connectivity index (χ2n) is 6.71. The van der Waals surface area contributed by atoms with Crippen LogP contribution in [0.25, 0.3) is 11.1 Å². The van der Waals surface area contributed by atoms with Gasteiger partial charge in [0.15, 0.2) is 0 Å². The van der Waals surface area contributed by atoms with Crippen molar-refractivity contribution < 1.29 is 0 Å². The molecule has 0 saturated heterocycles. The first-order chi connectivity index (χ1) is 10.2. The summed E-state index contributed by atoms with van der Waals surface area (Å²) in [5.74, 6) is 0. The molecule has 0 saturated carbocycles. The maximum Gasteiger partial charge on any atom is 0.0385 e. The van der Waals surface area contributed by atoms with Gasteiger partial charge in [0.05, 0.1) is 0 Å². The van der Waals surface area contributed by atoms with Crippen LogP contribution in [0, 0.1) is 13.8 Å². The summed E-state index contributed by atoms with van der Waals surface area (Å²) in [4.78, 5) is 0. The minimum Gasteiger partial charge on any atom is -0.398 e. The van der Waals surface area contributed by atoms with Crippen molar-refractivity contribution in [2.75, 3.05) is 5.73 Å². The van der Waals surface area contributed by atoms with Crippen LogP contribution in [0.4, 0.5) is 5.69 Å². The summed E-state index contributed by atoms with van der Waals surface area (Å²) in [6.07, 6.45) is 7.28. The van der Waals surface area contributed by atoms with Crippen LogP contribution in [0.2, 0.25) is 0 Å². The van der Waals surface area contributed by atoms with Crippen molar-refractivity contribution in [3.63, 3.8) is 0 Å². The number of aryl methyl sites for hydroxylation is 2. The molecule has 0 bridgehead atoms. The van der Waals surface area contributed by atoms with Crippen LogP contribution in [-0.4, -0.2) is 0 Å². The molecule has 2 aromatic rings. The van der Waals surface area contributed by atoms with Crippen molar-refractivity contribution in [2.24, 2.45) is 0 Å². The Morgan fingerprint density at radius 3 is 1.90 bits per heavy atom. The number of benzene rings is 2. The summed E-state index contributed by atoms with van der Waals surface area (Å²) >= 11 is 0. The lowest BCUT2D eigenvalue weighted by molar-refractivity contribution is 0.899. The van der Waals surface area contributed by atoms with Crippen molar-refractivity contribution in [3.05, 3.63) is 51.6 Å². The predicted molar refractivity (Wildman–Crippen MR) is 89.8 cm³/mol. The normalized spacial score (nSPS) is 16.1. The molecule has 0 spiro atoms. The molecule has 0 aromatic heterocycles. The van der Waals surface area contributed by atoms with Crippen molar-refractivity contribution >= 4 is 5.69 Å². The molecule has 0 atom stereocenters. The van der Waals surface area contributed by atoms with E-state index in [0.29, 0.717) is 0 Å². The number of nitrogen functional groups attached to an aromatic ring is 1. The standard InChI is InChI=1S/C20H23N/c1-12-9-10-14(11-13(12)2)19-15-5-3-7-17(15)20(21)18-8-4-6-16(18)19/h9-11H,3-8,21H2,1-2H3. The average Bonchev–Trinajstić information content (AvgIpc) is 3.12. The maximum atomic E-state index is 6.49. The molecule has 4 rings (SSSR count). The highest BCUT2D eigenvalue weighted by atomic mass is 14.6. The zero-order valence-electron chi connectivity index (χ0n) is 13.1. The summed E-state index contributed by atoms with van der Waals surface area (Å²) in [7, 11) is 0. The van der Waals surface area contributed by atoms with E-state index in [1.54, 1.807) is 11.1 Å². The van der Waals surface area contributed by atoms with Crippen LogP contribution in [0.15, 0.2) is 18.2 Å². The SMILES string of the molecule is Cc1ccc(-c2c3c(c(N)c4c2CCC4)CCC3)cc1C. The lowest BCUT2D eigenvalue weighted by Gasteiger charge is -2.19. The van der Waals surface area contributed by atoms with Gasteiger partial charge in [-0.3, -0.25) is 0 Å². The van der Waals surface area contributed by atoms with Gasteiger partial charge in [-0.25, -0.2) is 0 Å². The Balaban J connectivity index is 2.02. The summed E-state index contributed by atoms with van der Waals surface area (Å²) in [6, 6.07) is 6.95. The number of rotatable bonds is 1. The molecule has 0 amide bonds. The number of fused-ring (bicyclic) bond motifs is 2. The molecule has 2 aliphatic carbocycles. The monoisotopic (exact) mass is 277 g/mol. The van der Waals surface area contributed by atoms with Crippen LogP contribution in [0.5, 0.6) is 0 Å². The summed E-state index contributed by atoms with van der Waals surface area (Å²) in [5, 5.41) is 0. The third kappa shape index (κ3) is 1.83. The molecule has 0 aliphatic heterocycles. The summed E-state index contributed by atoms with van der Waals surface area (Å²) < 4.78 is 0. The van der Waals surface area contributed by atoms with Crippen molar-refractivity contribution in [2.45, 2.75) is 52.4 Å². The van der Waals surface area contributed by atoms with Gasteiger partial charge in [0.1, 0.15) is 0 Å². The molecule has 2 aromatic carbocycles. The molecule has 21 heavy (non-hydrogen) atoms. The fraction of sp³-hybridized carbons (Fsp3) is 0.400. The van der Waals surface area contributed by atoms with Crippen molar-refractivity contribution in [1.29, 1.82) is 0 Å². The highest BCUT2D eigenvalue weighted by molar-refractivity contribution is 5.81. The minimum atomic E-state index is 1.13. The molecule has 0 unspecified atom stereocenters. The van der Waals surface area contributed by atoms with E-state index in [4.69, 9.17) is 5.73 Å². The lowest BCUT2D eigenvalue weighted by atomic mass is 9.87. The first-order valence-electron chi connectivity index (χ1n) is 8.19. The highest BCUT2D eigenvalue weighted by Crippen LogP contribution is 2.44. The molecule has 0 heterocycles. The Kier molecular flexibility index (Phi) is 2.85. The fourth-order valence-electron chi connectivity index (χ4n) is 4.24. The fourth-order valence-corrected chi connectivity index (χ4v) is 4.24. The van der Waals surface area contributed by atoms with Crippen LogP contribution in [-0.2, 0) is 25.7 Å². The first-order valence-corrected chi connectivity index (χ1v) is 8.19. The minimum absolute atomic E-state index is 1.13. The second kappa shape index (κ2) is 4.62. The number of hydrogen-bond donors (Lipinski definition) is 1. The molecule has 2 aliphatic rings. The van der Waals surface area contributed by atoms with E-state index in [1.807, 2.05) is 0 Å². The van der Waals surface area contributed by atoms with Gasteiger partial charge >= 0.3 is 0 Å². The zero-order chi connectivity index (χ0) is 14.6. The van der Waals surface area contributed by atoms with Gasteiger partial charge < -0.3 is 5.73 Å². The van der Waals surface area contributed by atoms with E-state index in [-0.39, 0.29) is 0 Å². The third-order valence-corrected chi connectivity index (χ3v) is 5.49. The Morgan fingerprint density at radius 1 is 0.762 bits per heavy atom. The van der Waals surface area contributed by atoms with Crippen LogP contribution < -0.4 is 5.73 Å². The first kappa shape index (κ1) is 12.9. The van der Waals surface area contributed by atoms with Gasteiger partial charge in [0.2, 0.25) is 0 Å². The van der Waals surface area contributed by atoms with E-state index < -0.39 is 0 Å². The quantitative estimate of drug-likeness (QED) is 0.761. The molecule has 0 radical (unpaired) electrons. The molecule has 108 valence electrons. The summed E-state index contributed by atoms with van der Waals surface area (Å²) in [5.41, 5.74) is 19.4. The van der Waals surface area contributed by atoms with Gasteiger partial charge in [-0.2, -0.15) is 0 Å². The molecular formula is C20H23N. The highest BCUT2D eigenvalue weighted by Gasteiger charge is 2.28. The van der Waals surface area contributed by atoms with Crippen LogP contribution in [0.3, 0.4) is 0 Å². The van der Waals surface area contributed by atoms with Crippen LogP contribution >= 0.6 is 0 Å². The van der Waals surface area contributed by atoms with Gasteiger partial charge in [0, 0.05) is 5.69 Å². The van der Waals surface area contributed by atoms with E-state index in [0.717, 1.165) is 5.69 Å². The smallest absolute Gasteiger partial charge is 0.0385 e. The second-order valence-corrected chi connectivity index (χ2v) is 6.71. The predicted octanol–water partition coefficient (Wildman–Crippen LogP) is 4.53. The van der Waals surface area contributed by atoms with E-state index in [1.165, 1.54) is 71.9 Å². The lowest BCUT2D eigenvalue weighted by Crippen LogP contribution is -2.04. The van der Waals surface area contributed by atoms with E-state index in [2.05, 4.69) is 32.0 Å². The van der Waals surface area contributed by atoms with Crippen molar-refractivity contribution in [1.82, 2.24) is 0 Å². The maximum absolute atomic E-state index is 6.49. The topological polar surface area (TPSA) is 26.0 Å². The summed E-state index contributed by atoms with van der Waals surface area (Å²) in [6.45, 7) is 4.41. The van der Waals surface area contributed by atoms with E-state index in [9.17, 15) is 0 Å². The van der Waals surface area contributed by atoms with Gasteiger partial charge in [-0.05, 0) is 96.9 Å². The molecular weight excluding hydrogens is 254 g/mol. The Labute approximate surface area is 127 Å². The van der Waals surface area contributed by atoms with Crippen LogP contribution in [0.1, 0.15) is 46.2 Å². The number of nitrogens with two attached hydrogens (primary N) is 1. The van der Waals surface area contributed by atoms with Gasteiger partial charge in [-0.1, -0.05) is 18.2 Å². The average molecular weight is 277 g/mol. The number of anilines is 1. The molecule has 1 nitrogen and oxygen atoms in total. The Hall–Kier alpha value is -1.76. The number of hydrogen-bond acceptors (Lipinski definition) is 1. The van der Waals surface area contributed by atoms with Crippen molar-refractivity contribution in [3.8, 4) is 11.1 Å².